The molecule has 4 nitrogen and oxygen atoms in total. The first-order valence-corrected chi connectivity index (χ1v) is 7.90. The van der Waals surface area contributed by atoms with Crippen LogP contribution in [0.4, 0.5) is 0 Å². The Morgan fingerprint density at radius 3 is 2.32 bits per heavy atom. The lowest BCUT2D eigenvalue weighted by molar-refractivity contribution is -0.135. The molecular formula is C18H27NO3. The first-order valence-electron chi connectivity index (χ1n) is 7.90. The van der Waals surface area contributed by atoms with E-state index in [1.807, 2.05) is 53.7 Å². The van der Waals surface area contributed by atoms with Crippen molar-refractivity contribution in [1.82, 2.24) is 5.32 Å². The minimum absolute atomic E-state index is 0.0427. The average Bonchev–Trinajstić information content (AvgIpc) is 2.99. The summed E-state index contributed by atoms with van der Waals surface area (Å²) >= 11 is 0. The van der Waals surface area contributed by atoms with Crippen molar-refractivity contribution in [3.63, 3.8) is 0 Å². The maximum absolute atomic E-state index is 12.7. The molecule has 2 rings (SSSR count). The zero-order valence-corrected chi connectivity index (χ0v) is 14.4. The van der Waals surface area contributed by atoms with Crippen LogP contribution in [0.5, 0.6) is 0 Å². The molecular weight excluding hydrogens is 278 g/mol. The summed E-state index contributed by atoms with van der Waals surface area (Å²) in [6.45, 7) is 11.6. The fraction of sp³-hybridized carbons (Fsp3) is 0.667. The summed E-state index contributed by atoms with van der Waals surface area (Å²) in [5.74, 6) is 0.959. The Labute approximate surface area is 132 Å². The topological polar surface area (TPSA) is 59.3 Å². The lowest BCUT2D eigenvalue weighted by Gasteiger charge is -2.34. The number of amides is 1. The molecule has 3 atom stereocenters. The summed E-state index contributed by atoms with van der Waals surface area (Å²) in [7, 11) is 0. The third-order valence-electron chi connectivity index (χ3n) is 4.19. The largest absolute Gasteiger partial charge is 0.469 e. The van der Waals surface area contributed by atoms with Gasteiger partial charge in [0.2, 0.25) is 5.91 Å². The summed E-state index contributed by atoms with van der Waals surface area (Å²) in [4.78, 5) is 25.2. The minimum Gasteiger partial charge on any atom is -0.469 e. The van der Waals surface area contributed by atoms with Crippen molar-refractivity contribution in [3.05, 3.63) is 24.2 Å². The molecule has 1 heterocycles. The van der Waals surface area contributed by atoms with Crippen LogP contribution in [-0.2, 0) is 9.59 Å². The molecule has 1 aromatic rings. The zero-order chi connectivity index (χ0) is 16.7. The van der Waals surface area contributed by atoms with Crippen LogP contribution in [0.1, 0.15) is 59.6 Å². The number of carbonyl (C=O) groups excluding carboxylic acids is 2. The SMILES string of the molecule is CC(C)(C)C(=O)[C@@H](NC(=O)[C@@H]1CC1c1ccco1)C(C)(C)C. The summed E-state index contributed by atoms with van der Waals surface area (Å²) in [6, 6.07) is 3.27. The molecule has 4 heteroatoms. The second-order valence-corrected chi connectivity index (χ2v) is 8.39. The third kappa shape index (κ3) is 3.60. The van der Waals surface area contributed by atoms with E-state index in [1.54, 1.807) is 6.26 Å². The number of hydrogen-bond acceptors (Lipinski definition) is 3. The lowest BCUT2D eigenvalue weighted by atomic mass is 9.75. The molecule has 1 saturated carbocycles. The third-order valence-corrected chi connectivity index (χ3v) is 4.19. The van der Waals surface area contributed by atoms with Crippen LogP contribution < -0.4 is 5.32 Å². The number of carbonyl (C=O) groups is 2. The molecule has 1 N–H and O–H groups in total. The molecule has 1 fully saturated rings. The van der Waals surface area contributed by atoms with Crippen molar-refractivity contribution in [1.29, 1.82) is 0 Å². The molecule has 0 bridgehead atoms. The van der Waals surface area contributed by atoms with Gasteiger partial charge in [-0.1, -0.05) is 41.5 Å². The molecule has 1 unspecified atom stereocenters. The van der Waals surface area contributed by atoms with Crippen molar-refractivity contribution >= 4 is 11.7 Å². The Bertz CT molecular complexity index is 546. The first-order chi connectivity index (χ1) is 10.0. The minimum atomic E-state index is -0.477. The van der Waals surface area contributed by atoms with Crippen LogP contribution in [0.25, 0.3) is 0 Å². The Hall–Kier alpha value is -1.58. The predicted octanol–water partition coefficient (Wildman–Crippen LogP) is 3.53. The van der Waals surface area contributed by atoms with Gasteiger partial charge in [0.15, 0.2) is 5.78 Å². The fourth-order valence-corrected chi connectivity index (χ4v) is 2.66. The van der Waals surface area contributed by atoms with Crippen LogP contribution in [-0.4, -0.2) is 17.7 Å². The van der Waals surface area contributed by atoms with E-state index in [-0.39, 0.29) is 28.9 Å². The molecule has 1 amide bonds. The number of Topliss-reactive ketones (excluding diaryl/α,β-unsaturated/α-hetero) is 1. The number of hydrogen-bond donors (Lipinski definition) is 1. The van der Waals surface area contributed by atoms with E-state index in [4.69, 9.17) is 4.42 Å². The van der Waals surface area contributed by atoms with Crippen LogP contribution >= 0.6 is 0 Å². The van der Waals surface area contributed by atoms with E-state index >= 15 is 0 Å². The van der Waals surface area contributed by atoms with Gasteiger partial charge >= 0.3 is 0 Å². The van der Waals surface area contributed by atoms with Gasteiger partial charge in [0.1, 0.15) is 5.76 Å². The van der Waals surface area contributed by atoms with E-state index in [1.165, 1.54) is 0 Å². The van der Waals surface area contributed by atoms with E-state index in [0.29, 0.717) is 0 Å². The maximum Gasteiger partial charge on any atom is 0.224 e. The zero-order valence-electron chi connectivity index (χ0n) is 14.4. The first kappa shape index (κ1) is 16.8. The number of rotatable bonds is 4. The van der Waals surface area contributed by atoms with Crippen LogP contribution in [0.2, 0.25) is 0 Å². The van der Waals surface area contributed by atoms with Crippen molar-refractivity contribution in [2.45, 2.75) is 59.9 Å². The van der Waals surface area contributed by atoms with E-state index in [2.05, 4.69) is 5.32 Å². The van der Waals surface area contributed by atoms with Gasteiger partial charge in [-0.25, -0.2) is 0 Å². The van der Waals surface area contributed by atoms with Crippen LogP contribution in [0.3, 0.4) is 0 Å². The summed E-state index contributed by atoms with van der Waals surface area (Å²) in [5.41, 5.74) is -0.787. The van der Waals surface area contributed by atoms with E-state index in [9.17, 15) is 9.59 Å². The quantitative estimate of drug-likeness (QED) is 0.925. The number of nitrogens with one attached hydrogen (secondary N) is 1. The van der Waals surface area contributed by atoms with Crippen molar-refractivity contribution < 1.29 is 14.0 Å². The Morgan fingerprint density at radius 1 is 1.23 bits per heavy atom. The van der Waals surface area contributed by atoms with Crippen molar-refractivity contribution in [2.75, 3.05) is 0 Å². The van der Waals surface area contributed by atoms with E-state index < -0.39 is 11.5 Å². The molecule has 0 saturated heterocycles. The van der Waals surface area contributed by atoms with Gasteiger partial charge in [0, 0.05) is 17.3 Å². The average molecular weight is 305 g/mol. The highest BCUT2D eigenvalue weighted by Gasteiger charge is 2.48. The van der Waals surface area contributed by atoms with Gasteiger partial charge in [0.25, 0.3) is 0 Å². The fourth-order valence-electron chi connectivity index (χ4n) is 2.66. The molecule has 122 valence electrons. The Morgan fingerprint density at radius 2 is 1.86 bits per heavy atom. The Balaban J connectivity index is 2.06. The van der Waals surface area contributed by atoms with Gasteiger partial charge in [-0.05, 0) is 24.0 Å². The maximum atomic E-state index is 12.7. The normalized spacial score (nSPS) is 23.0. The molecule has 0 aliphatic heterocycles. The highest BCUT2D eigenvalue weighted by molar-refractivity contribution is 5.94. The lowest BCUT2D eigenvalue weighted by Crippen LogP contribution is -2.53. The van der Waals surface area contributed by atoms with Crippen molar-refractivity contribution in [2.24, 2.45) is 16.7 Å². The number of ketones is 1. The number of furan rings is 1. The van der Waals surface area contributed by atoms with Gasteiger partial charge in [0.05, 0.1) is 12.3 Å². The van der Waals surface area contributed by atoms with Crippen molar-refractivity contribution in [3.8, 4) is 0 Å². The smallest absolute Gasteiger partial charge is 0.224 e. The highest BCUT2D eigenvalue weighted by atomic mass is 16.3. The molecule has 0 spiro atoms. The second-order valence-electron chi connectivity index (χ2n) is 8.39. The standard InChI is InChI=1S/C18H27NO3/c1-17(2,3)14(15(20)18(4,5)6)19-16(21)12-10-11(12)13-8-7-9-22-13/h7-9,11-12,14H,10H2,1-6H3,(H,19,21)/t11?,12-,14-/m1/s1. The van der Waals surface area contributed by atoms with Crippen LogP contribution in [0, 0.1) is 16.7 Å². The van der Waals surface area contributed by atoms with Gasteiger partial charge in [-0.15, -0.1) is 0 Å². The molecule has 1 aromatic heterocycles. The summed E-state index contributed by atoms with van der Waals surface area (Å²) < 4.78 is 5.36. The highest BCUT2D eigenvalue weighted by Crippen LogP contribution is 2.48. The molecule has 0 radical (unpaired) electrons. The van der Waals surface area contributed by atoms with Crippen LogP contribution in [0.15, 0.2) is 22.8 Å². The van der Waals surface area contributed by atoms with Gasteiger partial charge < -0.3 is 9.73 Å². The molecule has 22 heavy (non-hydrogen) atoms. The van der Waals surface area contributed by atoms with Gasteiger partial charge in [-0.3, -0.25) is 9.59 Å². The summed E-state index contributed by atoms with van der Waals surface area (Å²) in [6.07, 6.45) is 2.42. The Kier molecular flexibility index (Phi) is 4.24. The van der Waals surface area contributed by atoms with Gasteiger partial charge in [-0.2, -0.15) is 0 Å². The molecule has 1 aliphatic carbocycles. The van der Waals surface area contributed by atoms with E-state index in [0.717, 1.165) is 12.2 Å². The monoisotopic (exact) mass is 305 g/mol. The molecule has 0 aromatic carbocycles. The predicted molar refractivity (Wildman–Crippen MR) is 85.4 cm³/mol. The second kappa shape index (κ2) is 5.56. The summed E-state index contributed by atoms with van der Waals surface area (Å²) in [5, 5.41) is 2.99. The molecule has 1 aliphatic rings.